The zero-order valence-electron chi connectivity index (χ0n) is 8.00. The molecule has 1 atom stereocenters. The fourth-order valence-corrected chi connectivity index (χ4v) is 2.86. The van der Waals surface area contributed by atoms with Gasteiger partial charge in [0.2, 0.25) is 0 Å². The van der Waals surface area contributed by atoms with E-state index in [9.17, 15) is 4.79 Å². The highest BCUT2D eigenvalue weighted by atomic mass is 127. The van der Waals surface area contributed by atoms with Gasteiger partial charge in [-0.1, -0.05) is 46.3 Å². The number of rotatable bonds is 2. The van der Waals surface area contributed by atoms with E-state index >= 15 is 0 Å². The maximum Gasteiger partial charge on any atom is 0.306 e. The summed E-state index contributed by atoms with van der Waals surface area (Å²) in [5.74, 6) is -0.110. The predicted octanol–water partition coefficient (Wildman–Crippen LogP) is 3.31. The second-order valence-corrected chi connectivity index (χ2v) is 4.81. The van der Waals surface area contributed by atoms with Gasteiger partial charge in [-0.3, -0.25) is 4.79 Å². The molecule has 0 N–H and O–H groups in total. The fourth-order valence-electron chi connectivity index (χ4n) is 1.75. The SMILES string of the molecule is O=C1CC[C@@](CI)(c2ccc(Cl)cc2)O1. The summed E-state index contributed by atoms with van der Waals surface area (Å²) in [6, 6.07) is 7.52. The Morgan fingerprint density at radius 1 is 1.40 bits per heavy atom. The molecule has 0 radical (unpaired) electrons. The van der Waals surface area contributed by atoms with E-state index in [0.29, 0.717) is 11.4 Å². The molecule has 0 saturated carbocycles. The van der Waals surface area contributed by atoms with Crippen LogP contribution in [0.25, 0.3) is 0 Å². The topological polar surface area (TPSA) is 26.3 Å². The summed E-state index contributed by atoms with van der Waals surface area (Å²) in [5.41, 5.74) is 0.606. The molecule has 1 heterocycles. The molecule has 1 aliphatic heterocycles. The standard InChI is InChI=1S/C11H10ClIO2/c12-9-3-1-8(2-4-9)11(7-13)6-5-10(14)15-11/h1-4H,5-7H2/t11-/m1/s1. The predicted molar refractivity (Wildman–Crippen MR) is 67.3 cm³/mol. The molecule has 80 valence electrons. The Kier molecular flexibility index (Phi) is 3.21. The Balaban J connectivity index is 2.34. The number of ether oxygens (including phenoxy) is 1. The molecule has 2 rings (SSSR count). The first-order valence-corrected chi connectivity index (χ1v) is 6.60. The lowest BCUT2D eigenvalue weighted by Gasteiger charge is -2.25. The van der Waals surface area contributed by atoms with Crippen molar-refractivity contribution in [1.82, 2.24) is 0 Å². The molecule has 0 unspecified atom stereocenters. The van der Waals surface area contributed by atoms with Crippen LogP contribution >= 0.6 is 34.2 Å². The number of benzene rings is 1. The Hall–Kier alpha value is -0.290. The van der Waals surface area contributed by atoms with Crippen molar-refractivity contribution in [2.24, 2.45) is 0 Å². The van der Waals surface area contributed by atoms with E-state index in [1.807, 2.05) is 24.3 Å². The highest BCUT2D eigenvalue weighted by Gasteiger charge is 2.40. The largest absolute Gasteiger partial charge is 0.453 e. The van der Waals surface area contributed by atoms with E-state index in [-0.39, 0.29) is 5.97 Å². The van der Waals surface area contributed by atoms with E-state index in [4.69, 9.17) is 16.3 Å². The van der Waals surface area contributed by atoms with Crippen LogP contribution in [0.15, 0.2) is 24.3 Å². The Labute approximate surface area is 107 Å². The maximum absolute atomic E-state index is 11.2. The summed E-state index contributed by atoms with van der Waals surface area (Å²) in [6.07, 6.45) is 1.27. The van der Waals surface area contributed by atoms with Crippen LogP contribution in [-0.2, 0) is 15.1 Å². The minimum absolute atomic E-state index is 0.110. The van der Waals surface area contributed by atoms with E-state index in [1.54, 1.807) is 0 Å². The highest BCUT2D eigenvalue weighted by molar-refractivity contribution is 14.1. The lowest BCUT2D eigenvalue weighted by molar-refractivity contribution is -0.147. The van der Waals surface area contributed by atoms with Gasteiger partial charge in [-0.2, -0.15) is 0 Å². The van der Waals surface area contributed by atoms with Crippen molar-refractivity contribution in [3.63, 3.8) is 0 Å². The van der Waals surface area contributed by atoms with Gasteiger partial charge >= 0.3 is 5.97 Å². The normalized spacial score (nSPS) is 25.3. The van der Waals surface area contributed by atoms with Crippen LogP contribution in [0, 0.1) is 0 Å². The summed E-state index contributed by atoms with van der Waals surface area (Å²) >= 11 is 8.08. The van der Waals surface area contributed by atoms with Crippen LogP contribution in [-0.4, -0.2) is 10.4 Å². The van der Waals surface area contributed by atoms with Gasteiger partial charge in [-0.15, -0.1) is 0 Å². The van der Waals surface area contributed by atoms with Crippen molar-refractivity contribution in [2.45, 2.75) is 18.4 Å². The van der Waals surface area contributed by atoms with Crippen LogP contribution in [0.3, 0.4) is 0 Å². The van der Waals surface area contributed by atoms with Crippen LogP contribution < -0.4 is 0 Å². The van der Waals surface area contributed by atoms with Crippen molar-refractivity contribution in [1.29, 1.82) is 0 Å². The lowest BCUT2D eigenvalue weighted by Crippen LogP contribution is -2.27. The smallest absolute Gasteiger partial charge is 0.306 e. The second-order valence-electron chi connectivity index (χ2n) is 3.61. The quantitative estimate of drug-likeness (QED) is 0.470. The van der Waals surface area contributed by atoms with E-state index in [2.05, 4.69) is 22.6 Å². The molecular weight excluding hydrogens is 326 g/mol. The molecule has 1 aliphatic rings. The number of hydrogen-bond donors (Lipinski definition) is 0. The van der Waals surface area contributed by atoms with Crippen LogP contribution in [0.4, 0.5) is 0 Å². The minimum atomic E-state index is -0.428. The molecular formula is C11H10ClIO2. The number of carbonyl (C=O) groups is 1. The van der Waals surface area contributed by atoms with Crippen LogP contribution in [0.2, 0.25) is 5.02 Å². The Morgan fingerprint density at radius 2 is 2.07 bits per heavy atom. The maximum atomic E-state index is 11.2. The van der Waals surface area contributed by atoms with Gasteiger partial charge in [0.1, 0.15) is 5.60 Å². The average molecular weight is 337 g/mol. The molecule has 0 spiro atoms. The molecule has 4 heteroatoms. The third kappa shape index (κ3) is 2.13. The van der Waals surface area contributed by atoms with Gasteiger partial charge in [-0.25, -0.2) is 0 Å². The molecule has 1 fully saturated rings. The van der Waals surface area contributed by atoms with Gasteiger partial charge in [0.25, 0.3) is 0 Å². The first-order valence-electron chi connectivity index (χ1n) is 4.70. The minimum Gasteiger partial charge on any atom is -0.453 e. The fraction of sp³-hybridized carbons (Fsp3) is 0.364. The van der Waals surface area contributed by atoms with E-state index in [0.717, 1.165) is 16.4 Å². The molecule has 0 bridgehead atoms. The van der Waals surface area contributed by atoms with Crippen molar-refractivity contribution in [3.8, 4) is 0 Å². The molecule has 1 saturated heterocycles. The third-order valence-corrected chi connectivity index (χ3v) is 4.11. The van der Waals surface area contributed by atoms with Crippen LogP contribution in [0.1, 0.15) is 18.4 Å². The molecule has 2 nitrogen and oxygen atoms in total. The van der Waals surface area contributed by atoms with Crippen LogP contribution in [0.5, 0.6) is 0 Å². The van der Waals surface area contributed by atoms with E-state index in [1.165, 1.54) is 0 Å². The van der Waals surface area contributed by atoms with E-state index < -0.39 is 5.60 Å². The molecule has 15 heavy (non-hydrogen) atoms. The summed E-state index contributed by atoms with van der Waals surface area (Å²) < 4.78 is 6.21. The Bertz CT molecular complexity index is 377. The van der Waals surface area contributed by atoms with Gasteiger partial charge < -0.3 is 4.74 Å². The van der Waals surface area contributed by atoms with Gasteiger partial charge in [0.05, 0.1) is 0 Å². The number of cyclic esters (lactones) is 1. The van der Waals surface area contributed by atoms with Gasteiger partial charge in [0, 0.05) is 22.3 Å². The number of alkyl halides is 1. The molecule has 1 aromatic carbocycles. The summed E-state index contributed by atoms with van der Waals surface area (Å²) in [5, 5.41) is 0.701. The zero-order chi connectivity index (χ0) is 10.9. The number of carbonyl (C=O) groups excluding carboxylic acids is 1. The lowest BCUT2D eigenvalue weighted by atomic mass is 9.93. The van der Waals surface area contributed by atoms with Crippen molar-refractivity contribution >= 4 is 40.2 Å². The number of halogens is 2. The second kappa shape index (κ2) is 4.29. The third-order valence-electron chi connectivity index (χ3n) is 2.63. The number of esters is 1. The molecule has 0 amide bonds. The highest BCUT2D eigenvalue weighted by Crippen LogP contribution is 2.38. The summed E-state index contributed by atoms with van der Waals surface area (Å²) in [4.78, 5) is 11.2. The Morgan fingerprint density at radius 3 is 2.53 bits per heavy atom. The summed E-state index contributed by atoms with van der Waals surface area (Å²) in [7, 11) is 0. The number of hydrogen-bond acceptors (Lipinski definition) is 2. The van der Waals surface area contributed by atoms with Crippen molar-refractivity contribution in [3.05, 3.63) is 34.9 Å². The van der Waals surface area contributed by atoms with Gasteiger partial charge in [-0.05, 0) is 17.7 Å². The van der Waals surface area contributed by atoms with Crippen molar-refractivity contribution in [2.75, 3.05) is 4.43 Å². The molecule has 1 aromatic rings. The summed E-state index contributed by atoms with van der Waals surface area (Å²) in [6.45, 7) is 0. The molecule has 0 aromatic heterocycles. The first kappa shape index (κ1) is 11.2. The zero-order valence-corrected chi connectivity index (χ0v) is 10.9. The first-order chi connectivity index (χ1) is 7.16. The molecule has 0 aliphatic carbocycles. The average Bonchev–Trinajstić information content (AvgIpc) is 2.62. The monoisotopic (exact) mass is 336 g/mol. The van der Waals surface area contributed by atoms with Crippen molar-refractivity contribution < 1.29 is 9.53 Å². The van der Waals surface area contributed by atoms with Gasteiger partial charge in [0.15, 0.2) is 0 Å².